The summed E-state index contributed by atoms with van der Waals surface area (Å²) in [4.78, 5) is 18.4. The number of anilines is 1. The first-order valence-electron chi connectivity index (χ1n) is 9.73. The first kappa shape index (κ1) is 19.0. The zero-order chi connectivity index (χ0) is 18.4. The fraction of sp³-hybridized carbons (Fsp3) is 0.650. The van der Waals surface area contributed by atoms with Crippen LogP contribution in [0.15, 0.2) is 24.3 Å². The molecule has 2 heterocycles. The molecule has 1 amide bonds. The summed E-state index contributed by atoms with van der Waals surface area (Å²) in [6, 6.07) is 8.41. The van der Waals surface area contributed by atoms with Gasteiger partial charge in [-0.15, -0.1) is 0 Å². The van der Waals surface area contributed by atoms with Crippen LogP contribution < -0.4 is 15.0 Å². The van der Waals surface area contributed by atoms with Gasteiger partial charge in [0.05, 0.1) is 13.2 Å². The molecule has 1 N–H and O–H groups in total. The molecule has 0 aliphatic carbocycles. The van der Waals surface area contributed by atoms with E-state index in [1.54, 1.807) is 0 Å². The van der Waals surface area contributed by atoms with Crippen molar-refractivity contribution in [2.45, 2.75) is 12.8 Å². The van der Waals surface area contributed by atoms with Crippen LogP contribution in [-0.4, -0.2) is 82.2 Å². The van der Waals surface area contributed by atoms with Gasteiger partial charge in [0.1, 0.15) is 5.75 Å². The summed E-state index contributed by atoms with van der Waals surface area (Å²) in [7, 11) is 3.87. The molecule has 3 rings (SSSR count). The molecule has 2 saturated heterocycles. The summed E-state index contributed by atoms with van der Waals surface area (Å²) in [5, 5.41) is 3.39. The molecule has 0 atom stereocenters. The molecule has 6 heteroatoms. The highest BCUT2D eigenvalue weighted by atomic mass is 16.5. The van der Waals surface area contributed by atoms with Gasteiger partial charge in [-0.05, 0) is 70.2 Å². The Labute approximate surface area is 157 Å². The Bertz CT molecular complexity index is 562. The van der Waals surface area contributed by atoms with Crippen LogP contribution in [0.4, 0.5) is 5.69 Å². The normalized spacial score (nSPS) is 19.0. The van der Waals surface area contributed by atoms with E-state index in [4.69, 9.17) is 4.74 Å². The topological polar surface area (TPSA) is 48.1 Å². The highest BCUT2D eigenvalue weighted by molar-refractivity contribution is 5.78. The van der Waals surface area contributed by atoms with Crippen molar-refractivity contribution >= 4 is 11.6 Å². The molecule has 0 spiro atoms. The lowest BCUT2D eigenvalue weighted by Crippen LogP contribution is -2.50. The minimum atomic E-state index is 0.219. The van der Waals surface area contributed by atoms with Crippen LogP contribution in [-0.2, 0) is 4.79 Å². The maximum absolute atomic E-state index is 12.1. The lowest BCUT2D eigenvalue weighted by Gasteiger charge is -2.36. The third kappa shape index (κ3) is 5.35. The van der Waals surface area contributed by atoms with Gasteiger partial charge in [0.25, 0.3) is 0 Å². The van der Waals surface area contributed by atoms with E-state index in [-0.39, 0.29) is 5.91 Å². The average Bonchev–Trinajstić information content (AvgIpc) is 2.67. The molecule has 26 heavy (non-hydrogen) atoms. The monoisotopic (exact) mass is 360 g/mol. The number of amides is 1. The van der Waals surface area contributed by atoms with Gasteiger partial charge in [-0.3, -0.25) is 4.79 Å². The first-order chi connectivity index (χ1) is 12.6. The first-order valence-corrected chi connectivity index (χ1v) is 9.73. The lowest BCUT2D eigenvalue weighted by atomic mass is 9.99. The number of nitrogens with one attached hydrogen (secondary N) is 1. The number of nitrogens with zero attached hydrogens (tertiary/aromatic N) is 3. The Kier molecular flexibility index (Phi) is 6.74. The Morgan fingerprint density at radius 1 is 1.12 bits per heavy atom. The van der Waals surface area contributed by atoms with Crippen molar-refractivity contribution in [2.24, 2.45) is 5.92 Å². The fourth-order valence-corrected chi connectivity index (χ4v) is 3.60. The second-order valence-corrected chi connectivity index (χ2v) is 7.60. The molecule has 0 unspecified atom stereocenters. The summed E-state index contributed by atoms with van der Waals surface area (Å²) in [5.74, 6) is 1.84. The number of piperazine rings is 1. The predicted octanol–water partition coefficient (Wildman–Crippen LogP) is 1.28. The van der Waals surface area contributed by atoms with Gasteiger partial charge in [-0.25, -0.2) is 0 Å². The molecule has 1 aromatic rings. The van der Waals surface area contributed by atoms with E-state index in [0.29, 0.717) is 12.5 Å². The maximum atomic E-state index is 12.1. The SMILES string of the molecule is CN(C)CC(=O)N1CCN(c2ccc(OCC3CCNCC3)cc2)CC1. The molecule has 0 aromatic heterocycles. The quantitative estimate of drug-likeness (QED) is 0.828. The second-order valence-electron chi connectivity index (χ2n) is 7.60. The van der Waals surface area contributed by atoms with Crippen molar-refractivity contribution in [1.82, 2.24) is 15.1 Å². The second kappa shape index (κ2) is 9.24. The Balaban J connectivity index is 1.44. The number of likely N-dealkylation sites (N-methyl/N-ethyl adjacent to an activating group) is 1. The summed E-state index contributed by atoms with van der Waals surface area (Å²) in [6.07, 6.45) is 2.41. The van der Waals surface area contributed by atoms with Crippen molar-refractivity contribution < 1.29 is 9.53 Å². The molecule has 0 radical (unpaired) electrons. The third-order valence-corrected chi connectivity index (χ3v) is 5.23. The smallest absolute Gasteiger partial charge is 0.236 e. The van der Waals surface area contributed by atoms with Crippen LogP contribution in [0, 0.1) is 5.92 Å². The average molecular weight is 361 g/mol. The van der Waals surface area contributed by atoms with Crippen LogP contribution >= 0.6 is 0 Å². The third-order valence-electron chi connectivity index (χ3n) is 5.23. The minimum absolute atomic E-state index is 0.219. The van der Waals surface area contributed by atoms with E-state index in [1.165, 1.54) is 18.5 Å². The van der Waals surface area contributed by atoms with E-state index in [9.17, 15) is 4.79 Å². The van der Waals surface area contributed by atoms with Crippen molar-refractivity contribution in [3.05, 3.63) is 24.3 Å². The Morgan fingerprint density at radius 2 is 1.77 bits per heavy atom. The van der Waals surface area contributed by atoms with Crippen LogP contribution in [0.1, 0.15) is 12.8 Å². The van der Waals surface area contributed by atoms with Crippen molar-refractivity contribution in [2.75, 3.05) is 71.4 Å². The molecular formula is C20H32N4O2. The van der Waals surface area contributed by atoms with E-state index in [1.807, 2.05) is 23.9 Å². The van der Waals surface area contributed by atoms with E-state index in [2.05, 4.69) is 34.5 Å². The summed E-state index contributed by atoms with van der Waals surface area (Å²) < 4.78 is 5.97. The largest absolute Gasteiger partial charge is 0.493 e. The summed E-state index contributed by atoms with van der Waals surface area (Å²) in [6.45, 7) is 6.87. The van der Waals surface area contributed by atoms with Gasteiger partial charge in [0.2, 0.25) is 5.91 Å². The van der Waals surface area contributed by atoms with Crippen molar-refractivity contribution in [1.29, 1.82) is 0 Å². The van der Waals surface area contributed by atoms with Crippen LogP contribution in [0.3, 0.4) is 0 Å². The number of hydrogen-bond acceptors (Lipinski definition) is 5. The van der Waals surface area contributed by atoms with E-state index < -0.39 is 0 Å². The highest BCUT2D eigenvalue weighted by Gasteiger charge is 2.21. The van der Waals surface area contributed by atoms with Gasteiger partial charge in [0.15, 0.2) is 0 Å². The number of piperidine rings is 1. The fourth-order valence-electron chi connectivity index (χ4n) is 3.60. The van der Waals surface area contributed by atoms with Gasteiger partial charge >= 0.3 is 0 Å². The van der Waals surface area contributed by atoms with Crippen LogP contribution in [0.25, 0.3) is 0 Å². The standard InChI is InChI=1S/C20H32N4O2/c1-22(2)15-20(25)24-13-11-23(12-14-24)18-3-5-19(6-4-18)26-16-17-7-9-21-10-8-17/h3-6,17,21H,7-16H2,1-2H3. The van der Waals surface area contributed by atoms with Crippen LogP contribution in [0.5, 0.6) is 5.75 Å². The zero-order valence-electron chi connectivity index (χ0n) is 16.1. The Hall–Kier alpha value is -1.79. The molecule has 0 saturated carbocycles. The van der Waals surface area contributed by atoms with Gasteiger partial charge in [-0.2, -0.15) is 0 Å². The van der Waals surface area contributed by atoms with Gasteiger partial charge in [0, 0.05) is 31.9 Å². The van der Waals surface area contributed by atoms with Gasteiger partial charge in [-0.1, -0.05) is 0 Å². The molecule has 2 fully saturated rings. The number of ether oxygens (including phenoxy) is 1. The molecule has 0 bridgehead atoms. The molecule has 2 aliphatic heterocycles. The number of carbonyl (C=O) groups excluding carboxylic acids is 1. The number of rotatable bonds is 6. The molecule has 6 nitrogen and oxygen atoms in total. The molecule has 1 aromatic carbocycles. The molecule has 144 valence electrons. The van der Waals surface area contributed by atoms with E-state index >= 15 is 0 Å². The lowest BCUT2D eigenvalue weighted by molar-refractivity contribution is -0.132. The molecule has 2 aliphatic rings. The number of carbonyl (C=O) groups is 1. The highest BCUT2D eigenvalue weighted by Crippen LogP contribution is 2.22. The number of benzene rings is 1. The minimum Gasteiger partial charge on any atom is -0.493 e. The van der Waals surface area contributed by atoms with Gasteiger partial charge < -0.3 is 24.8 Å². The maximum Gasteiger partial charge on any atom is 0.236 e. The van der Waals surface area contributed by atoms with Crippen molar-refractivity contribution in [3.63, 3.8) is 0 Å². The van der Waals surface area contributed by atoms with Crippen LogP contribution in [0.2, 0.25) is 0 Å². The summed E-state index contributed by atoms with van der Waals surface area (Å²) >= 11 is 0. The molecular weight excluding hydrogens is 328 g/mol. The van der Waals surface area contributed by atoms with Crippen molar-refractivity contribution in [3.8, 4) is 5.75 Å². The summed E-state index contributed by atoms with van der Waals surface area (Å²) in [5.41, 5.74) is 1.21. The number of hydrogen-bond donors (Lipinski definition) is 1. The Morgan fingerprint density at radius 3 is 2.38 bits per heavy atom. The predicted molar refractivity (Wildman–Crippen MR) is 105 cm³/mol. The van der Waals surface area contributed by atoms with E-state index in [0.717, 1.165) is 51.6 Å². The zero-order valence-corrected chi connectivity index (χ0v) is 16.1.